The highest BCUT2D eigenvalue weighted by molar-refractivity contribution is 6.31. The quantitative estimate of drug-likeness (QED) is 0.693. The molecule has 0 aliphatic rings. The molecule has 3 rings (SSSR count). The Kier molecular flexibility index (Phi) is 2.56. The number of aromatic amines is 1. The summed E-state index contributed by atoms with van der Waals surface area (Å²) < 4.78 is 14.0. The van der Waals surface area contributed by atoms with Crippen molar-refractivity contribution in [3.8, 4) is 11.4 Å². The van der Waals surface area contributed by atoms with E-state index in [4.69, 9.17) is 11.6 Å². The molecule has 90 valence electrons. The van der Waals surface area contributed by atoms with E-state index >= 15 is 0 Å². The van der Waals surface area contributed by atoms with Gasteiger partial charge in [0.05, 0.1) is 16.6 Å². The molecule has 0 amide bonds. The van der Waals surface area contributed by atoms with Crippen molar-refractivity contribution in [2.24, 2.45) is 0 Å². The van der Waals surface area contributed by atoms with Gasteiger partial charge in [-0.15, -0.1) is 0 Å². The zero-order valence-corrected chi connectivity index (χ0v) is 10.4. The van der Waals surface area contributed by atoms with Crippen LogP contribution in [-0.4, -0.2) is 9.97 Å². The van der Waals surface area contributed by atoms with Gasteiger partial charge in [0.1, 0.15) is 11.6 Å². The van der Waals surface area contributed by atoms with Crippen molar-refractivity contribution in [2.45, 2.75) is 6.92 Å². The molecule has 2 aromatic carbocycles. The van der Waals surface area contributed by atoms with Gasteiger partial charge >= 0.3 is 0 Å². The summed E-state index contributed by atoms with van der Waals surface area (Å²) in [5.41, 5.74) is 2.65. The van der Waals surface area contributed by atoms with Gasteiger partial charge in [-0.2, -0.15) is 0 Å². The Morgan fingerprint density at radius 3 is 2.89 bits per heavy atom. The molecule has 3 aromatic rings. The Bertz CT molecular complexity index is 734. The maximum Gasteiger partial charge on any atom is 0.141 e. The minimum Gasteiger partial charge on any atom is -0.338 e. The SMILES string of the molecule is Cc1cccc(-c2nc3ccc(Cl)cc3[nH]2)c1F. The van der Waals surface area contributed by atoms with Gasteiger partial charge in [-0.1, -0.05) is 23.7 Å². The van der Waals surface area contributed by atoms with E-state index in [9.17, 15) is 4.39 Å². The van der Waals surface area contributed by atoms with E-state index in [0.717, 1.165) is 11.0 Å². The second kappa shape index (κ2) is 4.10. The maximum atomic E-state index is 14.0. The van der Waals surface area contributed by atoms with Gasteiger partial charge in [-0.25, -0.2) is 9.37 Å². The first kappa shape index (κ1) is 11.2. The molecule has 0 unspecified atom stereocenters. The van der Waals surface area contributed by atoms with E-state index in [0.29, 0.717) is 22.0 Å². The van der Waals surface area contributed by atoms with Crippen LogP contribution < -0.4 is 0 Å². The Balaban J connectivity index is 2.22. The van der Waals surface area contributed by atoms with E-state index in [-0.39, 0.29) is 5.82 Å². The summed E-state index contributed by atoms with van der Waals surface area (Å²) in [4.78, 5) is 7.46. The first-order chi connectivity index (χ1) is 8.65. The van der Waals surface area contributed by atoms with Gasteiger partial charge in [-0.3, -0.25) is 0 Å². The molecule has 0 aliphatic heterocycles. The molecule has 0 bridgehead atoms. The van der Waals surface area contributed by atoms with Crippen LogP contribution in [0.3, 0.4) is 0 Å². The van der Waals surface area contributed by atoms with Gasteiger partial charge < -0.3 is 4.98 Å². The van der Waals surface area contributed by atoms with E-state index in [1.807, 2.05) is 12.1 Å². The fourth-order valence-corrected chi connectivity index (χ4v) is 2.11. The highest BCUT2D eigenvalue weighted by atomic mass is 35.5. The van der Waals surface area contributed by atoms with Crippen molar-refractivity contribution in [2.75, 3.05) is 0 Å². The number of aromatic nitrogens is 2. The monoisotopic (exact) mass is 260 g/mol. The van der Waals surface area contributed by atoms with E-state index < -0.39 is 0 Å². The van der Waals surface area contributed by atoms with E-state index in [2.05, 4.69) is 9.97 Å². The topological polar surface area (TPSA) is 28.7 Å². The van der Waals surface area contributed by atoms with Gasteiger partial charge in [0.15, 0.2) is 0 Å². The lowest BCUT2D eigenvalue weighted by Crippen LogP contribution is -1.89. The average molecular weight is 261 g/mol. The molecular formula is C14H10ClFN2. The number of fused-ring (bicyclic) bond motifs is 1. The molecule has 0 saturated carbocycles. The highest BCUT2D eigenvalue weighted by Gasteiger charge is 2.11. The number of nitrogens with zero attached hydrogens (tertiary/aromatic N) is 1. The lowest BCUT2D eigenvalue weighted by molar-refractivity contribution is 0.621. The van der Waals surface area contributed by atoms with Crippen molar-refractivity contribution < 1.29 is 4.39 Å². The van der Waals surface area contributed by atoms with Crippen molar-refractivity contribution in [1.82, 2.24) is 9.97 Å². The third-order valence-corrected chi connectivity index (χ3v) is 3.13. The molecular weight excluding hydrogens is 251 g/mol. The Morgan fingerprint density at radius 1 is 1.22 bits per heavy atom. The summed E-state index contributed by atoms with van der Waals surface area (Å²) in [5.74, 6) is 0.274. The fraction of sp³-hybridized carbons (Fsp3) is 0.0714. The zero-order valence-electron chi connectivity index (χ0n) is 9.67. The van der Waals surface area contributed by atoms with Crippen molar-refractivity contribution in [1.29, 1.82) is 0 Å². The van der Waals surface area contributed by atoms with Gasteiger partial charge in [0, 0.05) is 5.02 Å². The van der Waals surface area contributed by atoms with Gasteiger partial charge in [0.25, 0.3) is 0 Å². The number of halogens is 2. The Hall–Kier alpha value is -1.87. The molecule has 0 saturated heterocycles. The smallest absolute Gasteiger partial charge is 0.141 e. The number of hydrogen-bond donors (Lipinski definition) is 1. The number of benzene rings is 2. The van der Waals surface area contributed by atoms with Crippen LogP contribution in [0.2, 0.25) is 5.02 Å². The molecule has 1 heterocycles. The van der Waals surface area contributed by atoms with Crippen LogP contribution in [0.1, 0.15) is 5.56 Å². The predicted octanol–water partition coefficient (Wildman–Crippen LogP) is 4.33. The summed E-state index contributed by atoms with van der Waals surface area (Å²) in [6.07, 6.45) is 0. The first-order valence-electron chi connectivity index (χ1n) is 5.56. The highest BCUT2D eigenvalue weighted by Crippen LogP contribution is 2.25. The molecule has 1 N–H and O–H groups in total. The molecule has 2 nitrogen and oxygen atoms in total. The number of aryl methyl sites for hydroxylation is 1. The summed E-state index contributed by atoms with van der Waals surface area (Å²) >= 11 is 5.91. The number of H-pyrrole nitrogens is 1. The molecule has 1 aromatic heterocycles. The first-order valence-corrected chi connectivity index (χ1v) is 5.94. The average Bonchev–Trinajstić information content (AvgIpc) is 2.75. The fourth-order valence-electron chi connectivity index (χ4n) is 1.94. The lowest BCUT2D eigenvalue weighted by Gasteiger charge is -2.01. The van der Waals surface area contributed by atoms with Crippen molar-refractivity contribution >= 4 is 22.6 Å². The number of nitrogens with one attached hydrogen (secondary N) is 1. The molecule has 18 heavy (non-hydrogen) atoms. The predicted molar refractivity (Wildman–Crippen MR) is 71.2 cm³/mol. The molecule has 0 fully saturated rings. The van der Waals surface area contributed by atoms with Crippen LogP contribution in [0.5, 0.6) is 0 Å². The van der Waals surface area contributed by atoms with Crippen molar-refractivity contribution in [3.05, 3.63) is 52.8 Å². The number of rotatable bonds is 1. The molecule has 0 atom stereocenters. The Morgan fingerprint density at radius 2 is 2.06 bits per heavy atom. The zero-order chi connectivity index (χ0) is 12.7. The summed E-state index contributed by atoms with van der Waals surface area (Å²) in [6.45, 7) is 1.73. The second-order valence-electron chi connectivity index (χ2n) is 4.18. The minimum atomic E-state index is -0.248. The molecule has 0 spiro atoms. The third-order valence-electron chi connectivity index (χ3n) is 2.89. The van der Waals surface area contributed by atoms with Gasteiger partial charge in [0.2, 0.25) is 0 Å². The van der Waals surface area contributed by atoms with Crippen LogP contribution in [0.25, 0.3) is 22.4 Å². The number of hydrogen-bond acceptors (Lipinski definition) is 1. The van der Waals surface area contributed by atoms with E-state index in [1.54, 1.807) is 31.2 Å². The molecule has 4 heteroatoms. The maximum absolute atomic E-state index is 14.0. The summed E-state index contributed by atoms with van der Waals surface area (Å²) in [7, 11) is 0. The van der Waals surface area contributed by atoms with Crippen LogP contribution in [0, 0.1) is 12.7 Å². The largest absolute Gasteiger partial charge is 0.338 e. The second-order valence-corrected chi connectivity index (χ2v) is 4.62. The third kappa shape index (κ3) is 1.77. The van der Waals surface area contributed by atoms with Crippen LogP contribution in [0.15, 0.2) is 36.4 Å². The van der Waals surface area contributed by atoms with Gasteiger partial charge in [-0.05, 0) is 36.8 Å². The molecule has 0 aliphatic carbocycles. The summed E-state index contributed by atoms with van der Waals surface area (Å²) in [5, 5.41) is 0.627. The minimum absolute atomic E-state index is 0.248. The Labute approximate surface area is 108 Å². The molecule has 0 radical (unpaired) electrons. The number of imidazole rings is 1. The normalized spacial score (nSPS) is 11.1. The van der Waals surface area contributed by atoms with Crippen LogP contribution in [0.4, 0.5) is 4.39 Å². The standard InChI is InChI=1S/C14H10ClFN2/c1-8-3-2-4-10(13(8)16)14-17-11-6-5-9(15)7-12(11)18-14/h2-7H,1H3,(H,17,18). The lowest BCUT2D eigenvalue weighted by atomic mass is 10.1. The van der Waals surface area contributed by atoms with Crippen LogP contribution >= 0.6 is 11.6 Å². The van der Waals surface area contributed by atoms with Crippen LogP contribution in [-0.2, 0) is 0 Å². The van der Waals surface area contributed by atoms with E-state index in [1.165, 1.54) is 0 Å². The summed E-state index contributed by atoms with van der Waals surface area (Å²) in [6, 6.07) is 10.6. The van der Waals surface area contributed by atoms with Crippen molar-refractivity contribution in [3.63, 3.8) is 0 Å².